The highest BCUT2D eigenvalue weighted by atomic mass is 32.2. The van der Waals surface area contributed by atoms with Crippen LogP contribution in [0, 0.1) is 6.92 Å². The van der Waals surface area contributed by atoms with Crippen molar-refractivity contribution in [3.63, 3.8) is 0 Å². The average molecular weight is 286 g/mol. The quantitative estimate of drug-likeness (QED) is 0.851. The molecule has 0 amide bonds. The summed E-state index contributed by atoms with van der Waals surface area (Å²) in [4.78, 5) is 11.7. The van der Waals surface area contributed by atoms with Crippen LogP contribution in [0.4, 0.5) is 0 Å². The molecule has 0 fully saturated rings. The van der Waals surface area contributed by atoms with Crippen molar-refractivity contribution in [2.24, 2.45) is 0 Å². The molecule has 19 heavy (non-hydrogen) atoms. The molecule has 0 saturated carbocycles. The van der Waals surface area contributed by atoms with Crippen molar-refractivity contribution in [1.29, 1.82) is 0 Å². The van der Waals surface area contributed by atoms with Crippen molar-refractivity contribution in [3.8, 4) is 0 Å². The molecule has 0 saturated heterocycles. The fraction of sp³-hybridized carbons (Fsp3) is 0.462. The monoisotopic (exact) mass is 286 g/mol. The van der Waals surface area contributed by atoms with E-state index in [2.05, 4.69) is 4.74 Å². The first-order valence-electron chi connectivity index (χ1n) is 5.83. The van der Waals surface area contributed by atoms with E-state index >= 15 is 0 Å². The van der Waals surface area contributed by atoms with Crippen molar-refractivity contribution in [2.45, 2.75) is 31.3 Å². The van der Waals surface area contributed by atoms with Gasteiger partial charge in [0.1, 0.15) is 0 Å². The minimum Gasteiger partial charge on any atom is -0.465 e. The predicted octanol–water partition coefficient (Wildman–Crippen LogP) is 1.63. The van der Waals surface area contributed by atoms with Crippen molar-refractivity contribution in [1.82, 2.24) is 0 Å². The number of ether oxygens (including phenoxy) is 1. The number of carbonyl (C=O) groups excluding carboxylic acids is 1. The highest BCUT2D eigenvalue weighted by Crippen LogP contribution is 2.27. The number of sulfone groups is 1. The van der Waals surface area contributed by atoms with E-state index in [9.17, 15) is 18.3 Å². The molecule has 1 atom stereocenters. The van der Waals surface area contributed by atoms with E-state index in [-0.39, 0.29) is 10.5 Å². The average Bonchev–Trinajstić information content (AvgIpc) is 2.35. The molecule has 5 nitrogen and oxygen atoms in total. The molecule has 0 radical (unpaired) electrons. The summed E-state index contributed by atoms with van der Waals surface area (Å²) in [7, 11) is -2.24. The van der Waals surface area contributed by atoms with Crippen LogP contribution in [-0.4, -0.2) is 32.9 Å². The van der Waals surface area contributed by atoms with Crippen LogP contribution >= 0.6 is 0 Å². The van der Waals surface area contributed by atoms with Crippen LogP contribution < -0.4 is 0 Å². The number of hydrogen-bond donors (Lipinski definition) is 1. The van der Waals surface area contributed by atoms with Crippen LogP contribution in [-0.2, 0) is 14.6 Å². The van der Waals surface area contributed by atoms with E-state index in [1.54, 1.807) is 13.8 Å². The molecule has 106 valence electrons. The Balaban J connectivity index is 3.61. The summed E-state index contributed by atoms with van der Waals surface area (Å²) in [6, 6.07) is 2.69. The Bertz CT molecular complexity index is 589. The molecule has 1 unspecified atom stereocenters. The van der Waals surface area contributed by atoms with E-state index in [4.69, 9.17) is 0 Å². The second kappa shape index (κ2) is 5.71. The van der Waals surface area contributed by atoms with Gasteiger partial charge in [0.15, 0.2) is 9.84 Å². The summed E-state index contributed by atoms with van der Waals surface area (Å²) in [6.45, 7) is 3.43. The lowest BCUT2D eigenvalue weighted by atomic mass is 9.97. The van der Waals surface area contributed by atoms with E-state index < -0.39 is 21.9 Å². The molecule has 1 aromatic carbocycles. The number of rotatable bonds is 4. The van der Waals surface area contributed by atoms with Gasteiger partial charge in [0.2, 0.25) is 0 Å². The second-order valence-electron chi connectivity index (χ2n) is 4.37. The van der Waals surface area contributed by atoms with Gasteiger partial charge in [-0.15, -0.1) is 0 Å². The highest BCUT2D eigenvalue weighted by molar-refractivity contribution is 7.90. The molecule has 0 bridgehead atoms. The lowest BCUT2D eigenvalue weighted by Gasteiger charge is -2.16. The first-order valence-corrected chi connectivity index (χ1v) is 7.72. The van der Waals surface area contributed by atoms with Crippen molar-refractivity contribution < 1.29 is 23.1 Å². The molecule has 6 heteroatoms. The van der Waals surface area contributed by atoms with Crippen LogP contribution in [0.1, 0.15) is 40.9 Å². The van der Waals surface area contributed by atoms with Crippen LogP contribution in [0.25, 0.3) is 0 Å². The Hall–Kier alpha value is -1.40. The number of aliphatic hydroxyl groups excluding tert-OH is 1. The highest BCUT2D eigenvalue weighted by Gasteiger charge is 2.21. The summed E-state index contributed by atoms with van der Waals surface area (Å²) >= 11 is 0. The smallest absolute Gasteiger partial charge is 0.338 e. The van der Waals surface area contributed by atoms with E-state index in [0.29, 0.717) is 17.5 Å². The molecular formula is C13H18O5S. The molecule has 0 heterocycles. The third kappa shape index (κ3) is 3.33. The minimum absolute atomic E-state index is 0.000926. The first kappa shape index (κ1) is 15.7. The summed E-state index contributed by atoms with van der Waals surface area (Å²) < 4.78 is 27.9. The van der Waals surface area contributed by atoms with Gasteiger partial charge >= 0.3 is 5.97 Å². The standard InChI is InChI=1S/C13H18O5S/c1-5-12(14)10-6-9(19(4,16)17)7-11(8(10)2)13(15)18-3/h6-7,12,14H,5H2,1-4H3. The second-order valence-corrected chi connectivity index (χ2v) is 6.39. The first-order chi connectivity index (χ1) is 8.72. The van der Waals surface area contributed by atoms with Crippen molar-refractivity contribution in [2.75, 3.05) is 13.4 Å². The van der Waals surface area contributed by atoms with Gasteiger partial charge in [0.25, 0.3) is 0 Å². The molecule has 0 aliphatic heterocycles. The summed E-state index contributed by atoms with van der Waals surface area (Å²) in [5.41, 5.74) is 1.13. The zero-order chi connectivity index (χ0) is 14.8. The van der Waals surface area contributed by atoms with Crippen molar-refractivity contribution >= 4 is 15.8 Å². The Morgan fingerprint density at radius 1 is 1.42 bits per heavy atom. The molecule has 0 aliphatic carbocycles. The Morgan fingerprint density at radius 3 is 2.42 bits per heavy atom. The molecule has 0 aliphatic rings. The van der Waals surface area contributed by atoms with Crippen LogP contribution in [0.5, 0.6) is 0 Å². The van der Waals surface area contributed by atoms with Gasteiger partial charge in [-0.05, 0) is 36.6 Å². The topological polar surface area (TPSA) is 80.7 Å². The van der Waals surface area contributed by atoms with Gasteiger partial charge < -0.3 is 9.84 Å². The molecule has 1 aromatic rings. The number of hydrogen-bond acceptors (Lipinski definition) is 5. The number of aliphatic hydroxyl groups is 1. The van der Waals surface area contributed by atoms with Crippen LogP contribution in [0.15, 0.2) is 17.0 Å². The van der Waals surface area contributed by atoms with Gasteiger partial charge in [0.05, 0.1) is 23.7 Å². The molecular weight excluding hydrogens is 268 g/mol. The molecule has 1 rings (SSSR count). The number of carbonyl (C=O) groups is 1. The fourth-order valence-corrected chi connectivity index (χ4v) is 2.48. The predicted molar refractivity (Wildman–Crippen MR) is 70.9 cm³/mol. The maximum Gasteiger partial charge on any atom is 0.338 e. The zero-order valence-corrected chi connectivity index (χ0v) is 12.2. The maximum absolute atomic E-state index is 11.7. The maximum atomic E-state index is 11.7. The summed E-state index contributed by atoms with van der Waals surface area (Å²) in [5.74, 6) is -0.618. The lowest BCUT2D eigenvalue weighted by Crippen LogP contribution is -2.11. The van der Waals surface area contributed by atoms with Crippen molar-refractivity contribution in [3.05, 3.63) is 28.8 Å². The largest absolute Gasteiger partial charge is 0.465 e. The fourth-order valence-electron chi connectivity index (χ4n) is 1.81. The Morgan fingerprint density at radius 2 is 2.00 bits per heavy atom. The Labute approximate surface area is 113 Å². The third-order valence-electron chi connectivity index (χ3n) is 3.00. The normalized spacial score (nSPS) is 13.1. The number of esters is 1. The number of benzene rings is 1. The van der Waals surface area contributed by atoms with Crippen LogP contribution in [0.2, 0.25) is 0 Å². The summed E-state index contributed by atoms with van der Waals surface area (Å²) in [5, 5.41) is 9.93. The van der Waals surface area contributed by atoms with E-state index in [1.807, 2.05) is 0 Å². The molecule has 1 N–H and O–H groups in total. The molecule has 0 spiro atoms. The minimum atomic E-state index is -3.47. The van der Waals surface area contributed by atoms with E-state index in [1.165, 1.54) is 19.2 Å². The van der Waals surface area contributed by atoms with Gasteiger partial charge in [0, 0.05) is 6.26 Å². The SMILES string of the molecule is CCC(O)c1cc(S(C)(=O)=O)cc(C(=O)OC)c1C. The van der Waals surface area contributed by atoms with E-state index in [0.717, 1.165) is 6.26 Å². The molecule has 0 aromatic heterocycles. The number of methoxy groups -OCH3 is 1. The Kier molecular flexibility index (Phi) is 4.70. The van der Waals surface area contributed by atoms with Crippen LogP contribution in [0.3, 0.4) is 0 Å². The van der Waals surface area contributed by atoms with Gasteiger partial charge in [-0.2, -0.15) is 0 Å². The van der Waals surface area contributed by atoms with Gasteiger partial charge in [-0.3, -0.25) is 0 Å². The summed E-state index contributed by atoms with van der Waals surface area (Å²) in [6.07, 6.45) is 0.667. The van der Waals surface area contributed by atoms with Gasteiger partial charge in [-0.1, -0.05) is 6.92 Å². The lowest BCUT2D eigenvalue weighted by molar-refractivity contribution is 0.0599. The third-order valence-corrected chi connectivity index (χ3v) is 4.09. The van der Waals surface area contributed by atoms with Gasteiger partial charge in [-0.25, -0.2) is 13.2 Å². The zero-order valence-electron chi connectivity index (χ0n) is 11.4.